The fourth-order valence-corrected chi connectivity index (χ4v) is 2.02. The molecule has 21 heavy (non-hydrogen) atoms. The molecule has 0 radical (unpaired) electrons. The highest BCUT2D eigenvalue weighted by Gasteiger charge is 2.20. The second-order valence-electron chi connectivity index (χ2n) is 4.48. The van der Waals surface area contributed by atoms with Gasteiger partial charge in [-0.05, 0) is 12.8 Å². The Balaban J connectivity index is 3.83. The van der Waals surface area contributed by atoms with Crippen LogP contribution in [-0.2, 0) is 18.7 Å². The van der Waals surface area contributed by atoms with Crippen LogP contribution in [0.25, 0.3) is 0 Å². The third kappa shape index (κ3) is 10.5. The number of carboxylic acid groups (broad SMARTS) is 1. The fraction of sp³-hybridized carbons (Fsp3) is 0.800. The molecule has 0 aromatic heterocycles. The molecule has 0 unspecified atom stereocenters. The summed E-state index contributed by atoms with van der Waals surface area (Å²) in [5.41, 5.74) is 3.40. The summed E-state index contributed by atoms with van der Waals surface area (Å²) in [6.07, 6.45) is -0.103. The minimum atomic E-state index is -5.33. The standard InChI is InChI=1S/C10H21N2O8P/c11-7(10(15)16)3-1-2-4-12-5-8(14)9(6-13)20-21(17,18)19/h7,9,12-13H,1-6,11H2,(H,15,16)(H2,17,18,19)/p-1/t7-,9+/m0/s1. The van der Waals surface area contributed by atoms with Crippen molar-refractivity contribution >= 4 is 19.6 Å². The average molecular weight is 327 g/mol. The molecule has 2 atom stereocenters. The number of carbonyl (C=O) groups excluding carboxylic acids is 2. The largest absolute Gasteiger partial charge is 0.790 e. The third-order valence-electron chi connectivity index (χ3n) is 2.67. The van der Waals surface area contributed by atoms with E-state index in [0.717, 1.165) is 0 Å². The Morgan fingerprint density at radius 2 is 1.95 bits per heavy atom. The first-order valence-electron chi connectivity index (χ1n) is 6.37. The van der Waals surface area contributed by atoms with Gasteiger partial charge in [0.05, 0.1) is 26.9 Å². The molecule has 0 amide bonds. The van der Waals surface area contributed by atoms with Gasteiger partial charge in [0.1, 0.15) is 18.7 Å². The summed E-state index contributed by atoms with van der Waals surface area (Å²) in [7, 11) is -5.33. The highest BCUT2D eigenvalue weighted by atomic mass is 31.2. The van der Waals surface area contributed by atoms with Crippen LogP contribution in [0.1, 0.15) is 19.3 Å². The minimum absolute atomic E-state index is 0.153. The zero-order chi connectivity index (χ0) is 16.5. The van der Waals surface area contributed by atoms with Crippen molar-refractivity contribution in [1.82, 2.24) is 0 Å². The Morgan fingerprint density at radius 1 is 1.33 bits per heavy atom. The normalized spacial score (nSPS) is 14.7. The van der Waals surface area contributed by atoms with E-state index in [-0.39, 0.29) is 6.54 Å². The number of aliphatic hydroxyl groups excluding tert-OH is 1. The lowest BCUT2D eigenvalue weighted by atomic mass is 10.1. The van der Waals surface area contributed by atoms with E-state index >= 15 is 0 Å². The van der Waals surface area contributed by atoms with Gasteiger partial charge < -0.3 is 44.9 Å². The number of aliphatic carboxylic acids is 1. The number of ketones is 1. The molecule has 0 saturated carbocycles. The van der Waals surface area contributed by atoms with Crippen LogP contribution in [0.5, 0.6) is 0 Å². The number of carboxylic acids is 1. The number of phosphoric ester groups is 1. The molecule has 0 aromatic carbocycles. The summed E-state index contributed by atoms with van der Waals surface area (Å²) >= 11 is 0. The van der Waals surface area contributed by atoms with Gasteiger partial charge in [-0.3, -0.25) is 4.79 Å². The molecule has 0 spiro atoms. The number of Topliss-reactive ketones (excluding diaryl/α,β-unsaturated/α-hetero) is 1. The molecule has 0 fully saturated rings. The maximum absolute atomic E-state index is 11.5. The Bertz CT molecular complexity index is 385. The Morgan fingerprint density at radius 3 is 2.43 bits per heavy atom. The van der Waals surface area contributed by atoms with Crippen LogP contribution in [0.3, 0.4) is 0 Å². The molecule has 0 aliphatic heterocycles. The van der Waals surface area contributed by atoms with E-state index in [2.05, 4.69) is 10.3 Å². The van der Waals surface area contributed by atoms with E-state index < -0.39 is 38.3 Å². The number of quaternary nitrogens is 2. The lowest BCUT2D eigenvalue weighted by Crippen LogP contribution is -2.86. The molecule has 0 saturated heterocycles. The van der Waals surface area contributed by atoms with E-state index in [1.54, 1.807) is 5.32 Å². The SMILES string of the molecule is [NH3+][C@@H](CCCC[NH2+]CC(=O)[C@@H](CO)OP(=O)([O-])[O-])C(=O)[O-]. The molecule has 124 valence electrons. The lowest BCUT2D eigenvalue weighted by Gasteiger charge is -2.31. The molecule has 0 aliphatic rings. The summed E-state index contributed by atoms with van der Waals surface area (Å²) in [6, 6.07) is -0.776. The van der Waals surface area contributed by atoms with Crippen LogP contribution in [0.2, 0.25) is 0 Å². The van der Waals surface area contributed by atoms with E-state index in [9.17, 15) is 29.0 Å². The van der Waals surface area contributed by atoms with Crippen LogP contribution in [0.15, 0.2) is 0 Å². The molecule has 0 bridgehead atoms. The van der Waals surface area contributed by atoms with Crippen molar-refractivity contribution in [2.45, 2.75) is 31.4 Å². The minimum Gasteiger partial charge on any atom is -0.790 e. The van der Waals surface area contributed by atoms with E-state index in [4.69, 9.17) is 5.11 Å². The lowest BCUT2D eigenvalue weighted by molar-refractivity contribution is -0.644. The van der Waals surface area contributed by atoms with Gasteiger partial charge in [0.15, 0.2) is 0 Å². The van der Waals surface area contributed by atoms with Gasteiger partial charge in [-0.25, -0.2) is 0 Å². The molecule has 0 rings (SSSR count). The second-order valence-corrected chi connectivity index (χ2v) is 5.59. The summed E-state index contributed by atoms with van der Waals surface area (Å²) < 4.78 is 14.3. The molecule has 6 N–H and O–H groups in total. The molecule has 10 nitrogen and oxygen atoms in total. The number of hydrogen-bond acceptors (Lipinski definition) is 8. The Labute approximate surface area is 121 Å². The quantitative estimate of drug-likeness (QED) is 0.232. The van der Waals surface area contributed by atoms with Gasteiger partial charge in [-0.1, -0.05) is 0 Å². The molecule has 11 heteroatoms. The van der Waals surface area contributed by atoms with Crippen LogP contribution in [0, 0.1) is 0 Å². The van der Waals surface area contributed by atoms with Crippen molar-refractivity contribution in [2.75, 3.05) is 19.7 Å². The zero-order valence-electron chi connectivity index (χ0n) is 11.4. The smallest absolute Gasteiger partial charge is 0.218 e. The molecular formula is C10H20N2O8P-. The van der Waals surface area contributed by atoms with Crippen LogP contribution >= 0.6 is 7.82 Å². The van der Waals surface area contributed by atoms with Gasteiger partial charge >= 0.3 is 0 Å². The highest BCUT2D eigenvalue weighted by molar-refractivity contribution is 7.43. The number of unbranched alkanes of at least 4 members (excludes halogenated alkanes) is 1. The molecule has 0 aliphatic carbocycles. The third-order valence-corrected chi connectivity index (χ3v) is 3.18. The van der Waals surface area contributed by atoms with Crippen LogP contribution in [0.4, 0.5) is 0 Å². The number of hydrogen-bond donors (Lipinski definition) is 3. The topological polar surface area (TPSA) is 194 Å². The Hall–Kier alpha value is -0.870. The van der Waals surface area contributed by atoms with Crippen LogP contribution < -0.4 is 25.9 Å². The Kier molecular flexibility index (Phi) is 9.54. The monoisotopic (exact) mass is 327 g/mol. The number of aliphatic hydroxyl groups is 1. The maximum Gasteiger partial charge on any atom is 0.218 e. The predicted octanol–water partition coefficient (Wildman–Crippen LogP) is -6.14. The van der Waals surface area contributed by atoms with Gasteiger partial charge in [0.2, 0.25) is 5.78 Å². The number of carbonyl (C=O) groups is 2. The van der Waals surface area contributed by atoms with E-state index in [0.29, 0.717) is 25.8 Å². The van der Waals surface area contributed by atoms with E-state index in [1.807, 2.05) is 0 Å². The number of rotatable bonds is 12. The van der Waals surface area contributed by atoms with Crippen molar-refractivity contribution in [3.63, 3.8) is 0 Å². The van der Waals surface area contributed by atoms with Crippen molar-refractivity contribution < 1.29 is 49.7 Å². The van der Waals surface area contributed by atoms with Gasteiger partial charge in [0.25, 0.3) is 0 Å². The first kappa shape index (κ1) is 20.1. The maximum atomic E-state index is 11.5. The van der Waals surface area contributed by atoms with Gasteiger partial charge in [-0.2, -0.15) is 0 Å². The predicted molar refractivity (Wildman–Crippen MR) is 61.8 cm³/mol. The molecular weight excluding hydrogens is 307 g/mol. The fourth-order valence-electron chi connectivity index (χ4n) is 1.52. The summed E-state index contributed by atoms with van der Waals surface area (Å²) in [5.74, 6) is -1.93. The van der Waals surface area contributed by atoms with Crippen molar-refractivity contribution in [1.29, 1.82) is 0 Å². The first-order chi connectivity index (χ1) is 9.67. The van der Waals surface area contributed by atoms with Crippen molar-refractivity contribution in [3.05, 3.63) is 0 Å². The number of nitrogens with two attached hydrogens (primary N) is 1. The highest BCUT2D eigenvalue weighted by Crippen LogP contribution is 2.26. The van der Waals surface area contributed by atoms with Crippen molar-refractivity contribution in [2.24, 2.45) is 0 Å². The second kappa shape index (κ2) is 9.96. The summed E-state index contributed by atoms with van der Waals surface area (Å²) in [4.78, 5) is 42.6. The summed E-state index contributed by atoms with van der Waals surface area (Å²) in [5, 5.41) is 20.7. The van der Waals surface area contributed by atoms with Crippen molar-refractivity contribution in [3.8, 4) is 0 Å². The average Bonchev–Trinajstić information content (AvgIpc) is 2.38. The number of phosphoric acid groups is 1. The zero-order valence-corrected chi connectivity index (χ0v) is 12.3. The van der Waals surface area contributed by atoms with Gasteiger partial charge in [0, 0.05) is 6.42 Å². The van der Waals surface area contributed by atoms with E-state index in [1.165, 1.54) is 0 Å². The summed E-state index contributed by atoms with van der Waals surface area (Å²) in [6.45, 7) is -0.550. The van der Waals surface area contributed by atoms with Crippen LogP contribution in [-0.4, -0.2) is 48.7 Å². The molecule has 0 heterocycles. The first-order valence-corrected chi connectivity index (χ1v) is 7.83. The van der Waals surface area contributed by atoms with Gasteiger partial charge in [-0.15, -0.1) is 0 Å². The molecule has 0 aromatic rings.